The van der Waals surface area contributed by atoms with Gasteiger partial charge in [0.1, 0.15) is 0 Å². The number of hydrogen-bond donors (Lipinski definition) is 1. The molecule has 4 heteroatoms. The summed E-state index contributed by atoms with van der Waals surface area (Å²) in [6.45, 7) is 6.56. The molecule has 1 saturated heterocycles. The highest BCUT2D eigenvalue weighted by Gasteiger charge is 2.25. The van der Waals surface area contributed by atoms with Crippen LogP contribution in [0.5, 0.6) is 0 Å². The van der Waals surface area contributed by atoms with Crippen LogP contribution in [0.2, 0.25) is 5.02 Å². The van der Waals surface area contributed by atoms with E-state index in [9.17, 15) is 4.79 Å². The van der Waals surface area contributed by atoms with Gasteiger partial charge < -0.3 is 10.0 Å². The average Bonchev–Trinajstić information content (AvgIpc) is 2.28. The molecule has 0 unspecified atom stereocenters. The monoisotopic (exact) mass is 267 g/mol. The summed E-state index contributed by atoms with van der Waals surface area (Å²) in [4.78, 5) is 13.2. The summed E-state index contributed by atoms with van der Waals surface area (Å²) < 4.78 is 0. The number of halogens is 1. The van der Waals surface area contributed by atoms with Crippen molar-refractivity contribution < 1.29 is 9.90 Å². The molecule has 1 N–H and O–H groups in total. The maximum Gasteiger partial charge on any atom is 0.337 e. The standard InChI is InChI=1S/C14H18ClNO2/c1-14(2)5-7-16(8-6-14)10-3-4-11(13(17)18)12(15)9-10/h3-4,9H,5-8H2,1-2H3,(H,17,18). The highest BCUT2D eigenvalue weighted by molar-refractivity contribution is 6.33. The predicted molar refractivity (Wildman–Crippen MR) is 73.6 cm³/mol. The van der Waals surface area contributed by atoms with Gasteiger partial charge in [-0.1, -0.05) is 25.4 Å². The smallest absolute Gasteiger partial charge is 0.337 e. The molecule has 1 heterocycles. The molecule has 0 spiro atoms. The van der Waals surface area contributed by atoms with Gasteiger partial charge in [0.25, 0.3) is 0 Å². The number of aromatic carboxylic acids is 1. The van der Waals surface area contributed by atoms with E-state index in [1.54, 1.807) is 12.1 Å². The number of rotatable bonds is 2. The molecule has 0 aromatic heterocycles. The van der Waals surface area contributed by atoms with Crippen LogP contribution in [-0.4, -0.2) is 24.2 Å². The summed E-state index contributed by atoms with van der Waals surface area (Å²) >= 11 is 5.99. The van der Waals surface area contributed by atoms with E-state index in [2.05, 4.69) is 18.7 Å². The van der Waals surface area contributed by atoms with Crippen LogP contribution in [0.4, 0.5) is 5.69 Å². The second-order valence-corrected chi connectivity index (χ2v) is 6.03. The third-order valence-corrected chi connectivity index (χ3v) is 3.98. The Labute approximate surface area is 112 Å². The first kappa shape index (κ1) is 13.2. The quantitative estimate of drug-likeness (QED) is 0.889. The minimum Gasteiger partial charge on any atom is -0.478 e. The van der Waals surface area contributed by atoms with Crippen LogP contribution in [0.25, 0.3) is 0 Å². The van der Waals surface area contributed by atoms with E-state index in [1.165, 1.54) is 0 Å². The lowest BCUT2D eigenvalue weighted by Gasteiger charge is -2.38. The Balaban J connectivity index is 2.16. The zero-order valence-electron chi connectivity index (χ0n) is 10.7. The maximum absolute atomic E-state index is 10.9. The number of piperidine rings is 1. The van der Waals surface area contributed by atoms with Crippen molar-refractivity contribution in [3.05, 3.63) is 28.8 Å². The van der Waals surface area contributed by atoms with E-state index in [0.29, 0.717) is 10.4 Å². The highest BCUT2D eigenvalue weighted by Crippen LogP contribution is 2.33. The maximum atomic E-state index is 10.9. The Hall–Kier alpha value is -1.22. The number of carboxylic acids is 1. The van der Waals surface area contributed by atoms with Crippen LogP contribution in [0, 0.1) is 5.41 Å². The second-order valence-electron chi connectivity index (χ2n) is 5.62. The summed E-state index contributed by atoms with van der Waals surface area (Å²) in [6.07, 6.45) is 2.29. The van der Waals surface area contributed by atoms with Crippen molar-refractivity contribution in [1.82, 2.24) is 0 Å². The molecule has 0 atom stereocenters. The van der Waals surface area contributed by atoms with Crippen molar-refractivity contribution in [2.75, 3.05) is 18.0 Å². The summed E-state index contributed by atoms with van der Waals surface area (Å²) in [5.74, 6) is -0.980. The van der Waals surface area contributed by atoms with Gasteiger partial charge in [0.15, 0.2) is 0 Å². The third kappa shape index (κ3) is 2.78. The molecule has 0 aliphatic carbocycles. The van der Waals surface area contributed by atoms with E-state index >= 15 is 0 Å². The predicted octanol–water partition coefficient (Wildman–Crippen LogP) is 3.66. The van der Waals surface area contributed by atoms with Crippen molar-refractivity contribution in [1.29, 1.82) is 0 Å². The van der Waals surface area contributed by atoms with Gasteiger partial charge >= 0.3 is 5.97 Å². The van der Waals surface area contributed by atoms with Crippen LogP contribution < -0.4 is 4.90 Å². The zero-order valence-corrected chi connectivity index (χ0v) is 11.5. The lowest BCUT2D eigenvalue weighted by molar-refractivity contribution is 0.0697. The minimum atomic E-state index is -0.980. The van der Waals surface area contributed by atoms with Gasteiger partial charge in [-0.05, 0) is 36.5 Å². The van der Waals surface area contributed by atoms with Gasteiger partial charge in [-0.15, -0.1) is 0 Å². The van der Waals surface area contributed by atoms with Gasteiger partial charge in [0.2, 0.25) is 0 Å². The Morgan fingerprint density at radius 1 is 1.33 bits per heavy atom. The van der Waals surface area contributed by atoms with Crippen molar-refractivity contribution in [2.24, 2.45) is 5.41 Å². The first-order valence-corrected chi connectivity index (χ1v) is 6.55. The van der Waals surface area contributed by atoms with Crippen LogP contribution in [0.3, 0.4) is 0 Å². The molecule has 1 aromatic carbocycles. The molecule has 1 fully saturated rings. The Morgan fingerprint density at radius 3 is 2.44 bits per heavy atom. The van der Waals surface area contributed by atoms with E-state index in [4.69, 9.17) is 16.7 Å². The van der Waals surface area contributed by atoms with Crippen LogP contribution >= 0.6 is 11.6 Å². The van der Waals surface area contributed by atoms with Gasteiger partial charge in [0, 0.05) is 18.8 Å². The molecule has 0 radical (unpaired) electrons. The number of carbonyl (C=O) groups is 1. The minimum absolute atomic E-state index is 0.165. The zero-order chi connectivity index (χ0) is 13.3. The van der Waals surface area contributed by atoms with E-state index < -0.39 is 5.97 Å². The first-order chi connectivity index (χ1) is 8.39. The molecule has 18 heavy (non-hydrogen) atoms. The molecule has 0 bridgehead atoms. The first-order valence-electron chi connectivity index (χ1n) is 6.17. The van der Waals surface area contributed by atoms with Crippen molar-refractivity contribution in [3.8, 4) is 0 Å². The second kappa shape index (κ2) is 4.81. The van der Waals surface area contributed by atoms with Gasteiger partial charge in [-0.3, -0.25) is 0 Å². The molecule has 98 valence electrons. The summed E-state index contributed by atoms with van der Waals surface area (Å²) in [5.41, 5.74) is 1.58. The highest BCUT2D eigenvalue weighted by atomic mass is 35.5. The fourth-order valence-electron chi connectivity index (χ4n) is 2.24. The fourth-order valence-corrected chi connectivity index (χ4v) is 2.50. The molecule has 1 aliphatic heterocycles. The van der Waals surface area contributed by atoms with Crippen molar-refractivity contribution >= 4 is 23.3 Å². The summed E-state index contributed by atoms with van der Waals surface area (Å²) in [6, 6.07) is 5.18. The number of benzene rings is 1. The molecule has 1 aromatic rings. The number of hydrogen-bond acceptors (Lipinski definition) is 2. The molecular weight excluding hydrogens is 250 g/mol. The SMILES string of the molecule is CC1(C)CCN(c2ccc(C(=O)O)c(Cl)c2)CC1. The van der Waals surface area contributed by atoms with E-state index in [-0.39, 0.29) is 5.56 Å². The summed E-state index contributed by atoms with van der Waals surface area (Å²) in [5, 5.41) is 9.25. The van der Waals surface area contributed by atoms with Gasteiger partial charge in [-0.25, -0.2) is 4.79 Å². The molecule has 1 aliphatic rings. The molecule has 3 nitrogen and oxygen atoms in total. The number of nitrogens with zero attached hydrogens (tertiary/aromatic N) is 1. The average molecular weight is 268 g/mol. The Kier molecular flexibility index (Phi) is 3.53. The third-order valence-electron chi connectivity index (χ3n) is 3.67. The summed E-state index contributed by atoms with van der Waals surface area (Å²) in [7, 11) is 0. The number of carboxylic acid groups (broad SMARTS) is 1. The normalized spacial score (nSPS) is 18.7. The van der Waals surface area contributed by atoms with Gasteiger partial charge in [0.05, 0.1) is 10.6 Å². The van der Waals surface area contributed by atoms with E-state index in [1.807, 2.05) is 6.07 Å². The molecule has 2 rings (SSSR count). The van der Waals surface area contributed by atoms with Crippen molar-refractivity contribution in [3.63, 3.8) is 0 Å². The van der Waals surface area contributed by atoms with Crippen LogP contribution in [0.1, 0.15) is 37.0 Å². The van der Waals surface area contributed by atoms with Crippen LogP contribution in [0.15, 0.2) is 18.2 Å². The van der Waals surface area contributed by atoms with Crippen molar-refractivity contribution in [2.45, 2.75) is 26.7 Å². The molecule has 0 saturated carbocycles. The molecule has 0 amide bonds. The number of anilines is 1. The van der Waals surface area contributed by atoms with E-state index in [0.717, 1.165) is 31.6 Å². The fraction of sp³-hybridized carbons (Fsp3) is 0.500. The Bertz CT molecular complexity index is 461. The van der Waals surface area contributed by atoms with Gasteiger partial charge in [-0.2, -0.15) is 0 Å². The lowest BCUT2D eigenvalue weighted by atomic mass is 9.82. The topological polar surface area (TPSA) is 40.5 Å². The lowest BCUT2D eigenvalue weighted by Crippen LogP contribution is -2.37. The molecular formula is C14H18ClNO2. The largest absolute Gasteiger partial charge is 0.478 e. The Morgan fingerprint density at radius 2 is 1.94 bits per heavy atom. The van der Waals surface area contributed by atoms with Crippen LogP contribution in [-0.2, 0) is 0 Å².